The van der Waals surface area contributed by atoms with E-state index >= 15 is 0 Å². The van der Waals surface area contributed by atoms with Crippen molar-refractivity contribution in [3.63, 3.8) is 0 Å². The fourth-order valence-corrected chi connectivity index (χ4v) is 23.0. The number of thiophene rings is 2. The van der Waals surface area contributed by atoms with Crippen LogP contribution in [0.25, 0.3) is 11.1 Å². The van der Waals surface area contributed by atoms with Crippen LogP contribution in [0.5, 0.6) is 0 Å². The van der Waals surface area contributed by atoms with Gasteiger partial charge in [0.15, 0.2) is 17.2 Å². The third kappa shape index (κ3) is 22.1. The molecule has 0 saturated heterocycles. The molecule has 0 spiro atoms. The first-order valence-corrected chi connectivity index (χ1v) is 47.3. The van der Waals surface area contributed by atoms with Crippen molar-refractivity contribution < 1.29 is 76.9 Å². The van der Waals surface area contributed by atoms with Crippen LogP contribution in [0.15, 0.2) is 137 Å². The van der Waals surface area contributed by atoms with Gasteiger partial charge in [-0.1, -0.05) is 82.5 Å². The summed E-state index contributed by atoms with van der Waals surface area (Å²) in [7, 11) is 12.4. The van der Waals surface area contributed by atoms with E-state index in [0.29, 0.717) is 40.7 Å². The second kappa shape index (κ2) is 39.8. The predicted octanol–water partition coefficient (Wildman–Crippen LogP) is 3.83. The van der Waals surface area contributed by atoms with Crippen molar-refractivity contribution in [1.82, 2.24) is 42.5 Å². The molecule has 0 fully saturated rings. The van der Waals surface area contributed by atoms with Crippen molar-refractivity contribution >= 4 is 154 Å². The van der Waals surface area contributed by atoms with Crippen molar-refractivity contribution in [2.24, 2.45) is 11.7 Å². The van der Waals surface area contributed by atoms with Crippen molar-refractivity contribution in [3.8, 4) is 0 Å². The SMILES string of the molecule is CNC(=O)CCC(=O)N[C@H](CCCCNC(=O)c1cc(C2=C3C=CC(=[N+](C)C)C=C3[Si](C)(C)c3cc(N(C)C)ccc32)c(C(=O)[O-])s1)C(=O)NCC(=O)N[C@H](Cc1ccccc1)C(=O)N[C@H](CC(C)C)C(=O)CCC(=O)N[C@H](CCCCNC(=O)c1cc(C2=C3C=CC(=[N+](C)C)C=C3[Si](C)(C)c3cc(N(C)C)ccc32)c(C(=O)[O-])s1)C(N)=O. The summed E-state index contributed by atoms with van der Waals surface area (Å²) in [5.74, 6) is -9.40. The third-order valence-electron chi connectivity index (χ3n) is 21.6. The van der Waals surface area contributed by atoms with Crippen LogP contribution in [-0.2, 0) is 44.8 Å². The number of carbonyl (C=O) groups excluding carboxylic acids is 12. The molecule has 2 aliphatic carbocycles. The molecule has 27 nitrogen and oxygen atoms in total. The highest BCUT2D eigenvalue weighted by Gasteiger charge is 2.44. The molecule has 4 aliphatic rings. The number of primary amides is 1. The maximum absolute atomic E-state index is 14.4. The number of carbonyl (C=O) groups is 12. The number of fused-ring (bicyclic) bond motifs is 4. The molecule has 9 rings (SSSR count). The van der Waals surface area contributed by atoms with Crippen LogP contribution in [0.2, 0.25) is 26.2 Å². The van der Waals surface area contributed by atoms with Gasteiger partial charge in [0.2, 0.25) is 41.4 Å². The summed E-state index contributed by atoms with van der Waals surface area (Å²) in [5, 5.41) is 52.0. The van der Waals surface area contributed by atoms with Gasteiger partial charge in [-0.05, 0) is 159 Å². The fourth-order valence-electron chi connectivity index (χ4n) is 15.0. The first-order valence-electron chi connectivity index (χ1n) is 39.6. The molecule has 5 aromatic rings. The maximum atomic E-state index is 14.4. The van der Waals surface area contributed by atoms with Crippen LogP contribution >= 0.6 is 22.7 Å². The molecule has 4 atom stereocenters. The second-order valence-corrected chi connectivity index (χ2v) is 43.0. The predicted molar refractivity (Wildman–Crippen MR) is 463 cm³/mol. The second-order valence-electron chi connectivity index (χ2n) is 32.3. The Balaban J connectivity index is 0.787. The number of benzene rings is 3. The molecule has 31 heteroatoms. The Labute approximate surface area is 699 Å². The van der Waals surface area contributed by atoms with Gasteiger partial charge in [-0.2, -0.15) is 0 Å². The van der Waals surface area contributed by atoms with Crippen LogP contribution in [0.4, 0.5) is 11.4 Å². The molecule has 0 saturated carbocycles. The summed E-state index contributed by atoms with van der Waals surface area (Å²) in [6.07, 6.45) is 12.6. The van der Waals surface area contributed by atoms with Crippen molar-refractivity contribution in [3.05, 3.63) is 184 Å². The zero-order chi connectivity index (χ0) is 86.4. The van der Waals surface area contributed by atoms with Crippen molar-refractivity contribution in [2.45, 2.75) is 141 Å². The van der Waals surface area contributed by atoms with Crippen LogP contribution in [0.3, 0.4) is 0 Å². The first kappa shape index (κ1) is 90.6. The quantitative estimate of drug-likeness (QED) is 0.0154. The topological polar surface area (TPSA) is 386 Å². The number of ketones is 1. The van der Waals surface area contributed by atoms with E-state index in [9.17, 15) is 67.7 Å². The lowest BCUT2D eigenvalue weighted by atomic mass is 9.89. The third-order valence-corrected chi connectivity index (χ3v) is 30.9. The van der Waals surface area contributed by atoms with Crippen LogP contribution in [-0.4, -0.2) is 215 Å². The Morgan fingerprint density at radius 2 is 0.949 bits per heavy atom. The van der Waals surface area contributed by atoms with Gasteiger partial charge < -0.3 is 77.9 Å². The number of hydrogen-bond donors (Lipinski definition) is 9. The number of nitrogens with one attached hydrogen (secondary N) is 8. The minimum absolute atomic E-state index is 0.0121. The number of hydrogen-bond acceptors (Lipinski definition) is 18. The Morgan fingerprint density at radius 1 is 0.500 bits per heavy atom. The zero-order valence-electron chi connectivity index (χ0n) is 69.9. The molecule has 2 aliphatic heterocycles. The lowest BCUT2D eigenvalue weighted by Gasteiger charge is -2.38. The number of allylic oxidation sites excluding steroid dienone is 10. The molecule has 9 amide bonds. The number of nitrogens with zero attached hydrogens (tertiary/aromatic N) is 4. The maximum Gasteiger partial charge on any atom is 0.261 e. The number of unbranched alkanes of at least 4 members (excludes halogenated alkanes) is 2. The molecule has 118 heavy (non-hydrogen) atoms. The summed E-state index contributed by atoms with van der Waals surface area (Å²) >= 11 is 1.64. The van der Waals surface area contributed by atoms with E-state index in [1.165, 1.54) is 7.05 Å². The molecule has 0 unspecified atom stereocenters. The molecule has 0 bridgehead atoms. The molecule has 10 N–H and O–H groups in total. The average molecular weight is 1680 g/mol. The number of carboxylic acids is 2. The van der Waals surface area contributed by atoms with Gasteiger partial charge in [0.25, 0.3) is 11.8 Å². The standard InChI is InChI=1S/C87H109N13O14S2Si2/c1-50(2)41-64(66(101)35-36-74(103)93-62(81(88)106)25-19-21-39-90-84(109)67-47-60(79(115-67)86(111)112)77-56-31-27-52(97(4)5)43-69(56)117(12,13)70-44-53(98(6)7)28-32-57(70)77)96-83(108)65(42-51-23-17-16-18-24-51)95-76(105)49-92-82(107)63(94-75(104)38-37-73(102)89-3)26-20-22-40-91-85(110)68-48-61(80(116-68)87(113)114)78-58-33-29-54(99(8)9)45-71(58)118(14,15)72-46-55(100(10)11)30-34-59(72)78/h16-18,23-24,27-34,43-48,50,62-65H,19-22,25-26,35-42,49H2,1-15H3,(H10-2,88,89,90,91,92,93,94,95,96,102,103,104,105,106,107,108,109,110,111,112,113,114)/t62-,63-,64-,65-/m1/s1. The van der Waals surface area contributed by atoms with E-state index in [-0.39, 0.29) is 103 Å². The largest absolute Gasteiger partial charge is 0.544 e. The van der Waals surface area contributed by atoms with Crippen LogP contribution in [0.1, 0.15) is 151 Å². The van der Waals surface area contributed by atoms with Gasteiger partial charge in [-0.15, -0.1) is 22.7 Å². The number of carboxylic acid groups (broad SMARTS) is 2. The summed E-state index contributed by atoms with van der Waals surface area (Å²) in [6, 6.07) is 19.5. The van der Waals surface area contributed by atoms with Crippen LogP contribution < -0.4 is 78.7 Å². The number of nitrogens with two attached hydrogens (primary N) is 1. The van der Waals surface area contributed by atoms with E-state index in [0.717, 1.165) is 88.5 Å². The number of aromatic carboxylic acids is 2. The average Bonchev–Trinajstić information content (AvgIpc) is 1.13. The lowest BCUT2D eigenvalue weighted by Crippen LogP contribution is -2.55. The molecule has 4 heterocycles. The molecular weight excluding hydrogens is 1570 g/mol. The van der Waals surface area contributed by atoms with Gasteiger partial charge in [-0.25, -0.2) is 9.15 Å². The first-order chi connectivity index (χ1) is 55.8. The Bertz CT molecular complexity index is 5070. The van der Waals surface area contributed by atoms with Gasteiger partial charge in [0.1, 0.15) is 62.5 Å². The van der Waals surface area contributed by atoms with Gasteiger partial charge in [0.05, 0.1) is 44.0 Å². The Morgan fingerprint density at radius 3 is 1.39 bits per heavy atom. The molecule has 2 aromatic heterocycles. The Hall–Kier alpha value is -11.3. The van der Waals surface area contributed by atoms with E-state index < -0.39 is 118 Å². The summed E-state index contributed by atoms with van der Waals surface area (Å²) < 4.78 is 4.05. The smallest absolute Gasteiger partial charge is 0.261 e. The fraction of sp³-hybridized carbons (Fsp3) is 0.402. The van der Waals surface area contributed by atoms with Crippen molar-refractivity contribution in [2.75, 3.05) is 92.9 Å². The van der Waals surface area contributed by atoms with Gasteiger partial charge in [-0.3, -0.25) is 47.9 Å². The summed E-state index contributed by atoms with van der Waals surface area (Å²) in [5.41, 5.74) is 16.1. The zero-order valence-corrected chi connectivity index (χ0v) is 73.5. The molecule has 626 valence electrons. The lowest BCUT2D eigenvalue weighted by molar-refractivity contribution is -0.462. The number of anilines is 2. The summed E-state index contributed by atoms with van der Waals surface area (Å²) in [6.45, 7) is 12.3. The van der Waals surface area contributed by atoms with Crippen LogP contribution in [0, 0.1) is 5.92 Å². The molecular formula is C87H109N13O14S2Si2. The van der Waals surface area contributed by atoms with Gasteiger partial charge in [0, 0.05) is 127 Å². The molecule has 0 radical (unpaired) electrons. The number of Topliss-reactive ketones (excluding diaryl/α,β-unsaturated/α-hetero) is 1. The summed E-state index contributed by atoms with van der Waals surface area (Å²) in [4.78, 5) is 166. The Kier molecular flexibility index (Phi) is 30.5. The minimum atomic E-state index is -2.40. The highest BCUT2D eigenvalue weighted by atomic mass is 32.1. The van der Waals surface area contributed by atoms with E-state index in [1.54, 1.807) is 42.5 Å². The minimum Gasteiger partial charge on any atom is -0.544 e. The number of amides is 9. The highest BCUT2D eigenvalue weighted by Crippen LogP contribution is 2.46. The van der Waals surface area contributed by atoms with E-state index in [4.69, 9.17) is 5.73 Å². The van der Waals surface area contributed by atoms with Gasteiger partial charge >= 0.3 is 0 Å². The van der Waals surface area contributed by atoms with E-state index in [2.05, 4.69) is 93.0 Å². The number of rotatable bonds is 38. The highest BCUT2D eigenvalue weighted by molar-refractivity contribution is 7.16. The monoisotopic (exact) mass is 1680 g/mol. The molecule has 3 aromatic carbocycles. The van der Waals surface area contributed by atoms with E-state index in [1.807, 2.05) is 138 Å². The van der Waals surface area contributed by atoms with Crippen molar-refractivity contribution in [1.29, 1.82) is 0 Å². The normalized spacial score (nSPS) is 15.1.